The summed E-state index contributed by atoms with van der Waals surface area (Å²) in [4.78, 5) is 0. The lowest BCUT2D eigenvalue weighted by Crippen LogP contribution is -2.39. The van der Waals surface area contributed by atoms with E-state index in [4.69, 9.17) is 4.74 Å². The molecule has 0 amide bonds. The van der Waals surface area contributed by atoms with Gasteiger partial charge in [-0.15, -0.1) is 0 Å². The second kappa shape index (κ2) is 5.05. The van der Waals surface area contributed by atoms with E-state index in [1.165, 1.54) is 0 Å². The van der Waals surface area contributed by atoms with E-state index in [9.17, 15) is 8.42 Å². The molecule has 1 fully saturated rings. The lowest BCUT2D eigenvalue weighted by Gasteiger charge is -2.29. The summed E-state index contributed by atoms with van der Waals surface area (Å²) < 4.78 is 29.1. The van der Waals surface area contributed by atoms with Crippen molar-refractivity contribution < 1.29 is 13.2 Å². The van der Waals surface area contributed by atoms with Gasteiger partial charge < -0.3 is 4.74 Å². The van der Waals surface area contributed by atoms with Crippen LogP contribution in [0.4, 0.5) is 0 Å². The lowest BCUT2D eigenvalue weighted by molar-refractivity contribution is 0.185. The van der Waals surface area contributed by atoms with Gasteiger partial charge in [-0.1, -0.05) is 13.8 Å². The molecular weight excluding hydrogens is 224 g/mol. The zero-order valence-electron chi connectivity index (χ0n) is 10.8. The Hall–Kier alpha value is -0.0900. The Labute approximate surface area is 99.5 Å². The normalized spacial score (nSPS) is 22.9. The van der Waals surface area contributed by atoms with E-state index in [-0.39, 0.29) is 5.92 Å². The molecular formula is C12H24O3S. The van der Waals surface area contributed by atoms with E-state index in [0.29, 0.717) is 11.7 Å². The predicted octanol–water partition coefficient (Wildman–Crippen LogP) is 2.26. The quantitative estimate of drug-likeness (QED) is 0.749. The van der Waals surface area contributed by atoms with Crippen molar-refractivity contribution in [2.75, 3.05) is 19.0 Å². The van der Waals surface area contributed by atoms with Crippen LogP contribution in [0.2, 0.25) is 0 Å². The van der Waals surface area contributed by atoms with Gasteiger partial charge in [0.15, 0.2) is 9.84 Å². The molecule has 1 saturated heterocycles. The molecule has 1 aliphatic rings. The van der Waals surface area contributed by atoms with E-state index < -0.39 is 14.6 Å². The van der Waals surface area contributed by atoms with Crippen LogP contribution in [0, 0.1) is 11.8 Å². The molecule has 3 nitrogen and oxygen atoms in total. The summed E-state index contributed by atoms with van der Waals surface area (Å²) in [7, 11) is -3.00. The second-order valence-electron chi connectivity index (χ2n) is 5.60. The van der Waals surface area contributed by atoms with Crippen molar-refractivity contribution in [1.29, 1.82) is 0 Å². The Balaban J connectivity index is 2.57. The van der Waals surface area contributed by atoms with Crippen LogP contribution in [-0.2, 0) is 14.6 Å². The maximum absolute atomic E-state index is 12.2. The maximum atomic E-state index is 12.2. The van der Waals surface area contributed by atoms with Gasteiger partial charge in [-0.25, -0.2) is 8.42 Å². The Morgan fingerprint density at radius 3 is 2.44 bits per heavy atom. The van der Waals surface area contributed by atoms with Crippen LogP contribution in [0.25, 0.3) is 0 Å². The van der Waals surface area contributed by atoms with Gasteiger partial charge >= 0.3 is 0 Å². The van der Waals surface area contributed by atoms with E-state index in [1.54, 1.807) is 0 Å². The molecule has 0 aromatic carbocycles. The fraction of sp³-hybridized carbons (Fsp3) is 1.00. The smallest absolute Gasteiger partial charge is 0.155 e. The molecule has 1 atom stereocenters. The van der Waals surface area contributed by atoms with Crippen molar-refractivity contribution >= 4 is 9.84 Å². The summed E-state index contributed by atoms with van der Waals surface area (Å²) in [5.74, 6) is 0.890. The van der Waals surface area contributed by atoms with Gasteiger partial charge in [0.25, 0.3) is 0 Å². The fourth-order valence-electron chi connectivity index (χ4n) is 1.75. The second-order valence-corrected chi connectivity index (χ2v) is 8.29. The zero-order valence-corrected chi connectivity index (χ0v) is 11.6. The molecule has 1 aliphatic heterocycles. The highest BCUT2D eigenvalue weighted by Gasteiger charge is 2.37. The van der Waals surface area contributed by atoms with E-state index in [1.807, 2.05) is 27.7 Å². The highest BCUT2D eigenvalue weighted by atomic mass is 32.2. The summed E-state index contributed by atoms with van der Waals surface area (Å²) in [6.07, 6.45) is 1.76. The van der Waals surface area contributed by atoms with Crippen LogP contribution in [0.3, 0.4) is 0 Å². The number of ether oxygens (including phenoxy) is 1. The van der Waals surface area contributed by atoms with Gasteiger partial charge in [0, 0.05) is 13.2 Å². The van der Waals surface area contributed by atoms with E-state index in [0.717, 1.165) is 26.1 Å². The van der Waals surface area contributed by atoms with Crippen molar-refractivity contribution in [3.63, 3.8) is 0 Å². The molecule has 96 valence electrons. The third kappa shape index (κ3) is 2.98. The average Bonchev–Trinajstić information content (AvgIpc) is 2.66. The van der Waals surface area contributed by atoms with Crippen LogP contribution in [0.15, 0.2) is 0 Å². The molecule has 1 heterocycles. The van der Waals surface area contributed by atoms with Crippen molar-refractivity contribution in [2.24, 2.45) is 11.8 Å². The molecule has 16 heavy (non-hydrogen) atoms. The van der Waals surface area contributed by atoms with Crippen molar-refractivity contribution in [2.45, 2.75) is 45.3 Å². The molecule has 0 unspecified atom stereocenters. The molecule has 0 aromatic heterocycles. The van der Waals surface area contributed by atoms with Gasteiger partial charge in [-0.3, -0.25) is 0 Å². The molecule has 1 rings (SSSR count). The monoisotopic (exact) mass is 248 g/mol. The van der Waals surface area contributed by atoms with Crippen LogP contribution < -0.4 is 0 Å². The minimum absolute atomic E-state index is 0.150. The number of sulfone groups is 1. The minimum atomic E-state index is -3.00. The predicted molar refractivity (Wildman–Crippen MR) is 66.2 cm³/mol. The average molecular weight is 248 g/mol. The summed E-state index contributed by atoms with van der Waals surface area (Å²) >= 11 is 0. The number of rotatable bonds is 5. The molecule has 0 radical (unpaired) electrons. The first-order valence-corrected chi connectivity index (χ1v) is 7.72. The number of hydrogen-bond donors (Lipinski definition) is 0. The van der Waals surface area contributed by atoms with Gasteiger partial charge in [0.2, 0.25) is 0 Å². The molecule has 0 aromatic rings. The third-order valence-corrected chi connectivity index (χ3v) is 6.86. The van der Waals surface area contributed by atoms with Crippen LogP contribution in [0.5, 0.6) is 0 Å². The summed E-state index contributed by atoms with van der Waals surface area (Å²) in [5, 5.41) is 0. The van der Waals surface area contributed by atoms with Crippen LogP contribution in [0.1, 0.15) is 40.5 Å². The molecule has 0 bridgehead atoms. The van der Waals surface area contributed by atoms with Crippen molar-refractivity contribution in [3.8, 4) is 0 Å². The topological polar surface area (TPSA) is 43.4 Å². The van der Waals surface area contributed by atoms with E-state index in [2.05, 4.69) is 0 Å². The fourth-order valence-corrected chi connectivity index (χ4v) is 3.64. The standard InChI is InChI=1S/C12H24O3S/c1-10(2)12(3,4)16(13,14)8-6-11-5-7-15-9-11/h10-11H,5-9H2,1-4H3/t11-/m0/s1. The van der Waals surface area contributed by atoms with Gasteiger partial charge in [0.1, 0.15) is 0 Å². The first-order chi connectivity index (χ1) is 7.27. The Morgan fingerprint density at radius 1 is 1.38 bits per heavy atom. The van der Waals surface area contributed by atoms with Crippen molar-refractivity contribution in [3.05, 3.63) is 0 Å². The Kier molecular flexibility index (Phi) is 4.41. The highest BCUT2D eigenvalue weighted by molar-refractivity contribution is 7.92. The molecule has 4 heteroatoms. The summed E-state index contributed by atoms with van der Waals surface area (Å²) in [6.45, 7) is 9.12. The molecule has 0 aliphatic carbocycles. The van der Waals surface area contributed by atoms with Crippen LogP contribution in [-0.4, -0.2) is 32.1 Å². The van der Waals surface area contributed by atoms with Crippen LogP contribution >= 0.6 is 0 Å². The maximum Gasteiger partial charge on any atom is 0.155 e. The molecule has 0 N–H and O–H groups in total. The molecule has 0 spiro atoms. The third-order valence-electron chi connectivity index (χ3n) is 4.01. The minimum Gasteiger partial charge on any atom is -0.381 e. The summed E-state index contributed by atoms with van der Waals surface area (Å²) in [5.41, 5.74) is 0. The van der Waals surface area contributed by atoms with Crippen molar-refractivity contribution in [1.82, 2.24) is 0 Å². The van der Waals surface area contributed by atoms with Gasteiger partial charge in [0.05, 0.1) is 10.5 Å². The molecule has 0 saturated carbocycles. The number of hydrogen-bond acceptors (Lipinski definition) is 3. The van der Waals surface area contributed by atoms with E-state index >= 15 is 0 Å². The summed E-state index contributed by atoms with van der Waals surface area (Å²) in [6, 6.07) is 0. The lowest BCUT2D eigenvalue weighted by atomic mass is 10.00. The Bertz CT molecular complexity index is 311. The highest BCUT2D eigenvalue weighted by Crippen LogP contribution is 2.28. The van der Waals surface area contributed by atoms with Gasteiger partial charge in [-0.2, -0.15) is 0 Å². The first kappa shape index (κ1) is 14.0. The SMILES string of the molecule is CC(C)C(C)(C)S(=O)(=O)CC[C@@H]1CCOC1. The zero-order chi connectivity index (χ0) is 12.4. The largest absolute Gasteiger partial charge is 0.381 e. The van der Waals surface area contributed by atoms with Gasteiger partial charge in [-0.05, 0) is 38.5 Å². The first-order valence-electron chi connectivity index (χ1n) is 6.07. The Morgan fingerprint density at radius 2 is 2.00 bits per heavy atom.